The summed E-state index contributed by atoms with van der Waals surface area (Å²) < 4.78 is 97.7. The van der Waals surface area contributed by atoms with Crippen LogP contribution in [0, 0.1) is 18.8 Å². The molecule has 0 aliphatic carbocycles. The Morgan fingerprint density at radius 2 is 1.09 bits per heavy atom. The molecule has 6 rings (SSSR count). The van der Waals surface area contributed by atoms with E-state index < -0.39 is 97.2 Å². The first-order chi connectivity index (χ1) is 29.1. The van der Waals surface area contributed by atoms with Gasteiger partial charge < -0.3 is 29.5 Å². The minimum Gasteiger partial charge on any atom is 1.00 e. The first kappa shape index (κ1) is 68.5. The second-order valence-corrected chi connectivity index (χ2v) is 74.3. The molecule has 3 aromatic rings. The van der Waals surface area contributed by atoms with Gasteiger partial charge in [0.25, 0.3) is 11.8 Å². The zero-order valence-electron chi connectivity index (χ0n) is 34.8. The number of hydrogen-bond acceptors (Lipinski definition) is 12. The fraction of sp³-hybridized carbons (Fsp3) is 0.636. The standard InChI is InChI=1S/C11H14F2N2O2.C9H10F2N2O4.C7H11BrF2O.C5H6N2.CH3O.4ClH.3HI.Na.Sn.V/c1-3-8-7(2)11(12,13)9(17-8)15-6-4-5-14-10(15)16;10-9(11)6(15)5(4-14)17-7(9)13-3-1-2-12-8(13)16;1-3-5-4(2)7(9,10)6(8)11-5;1-5-6-3-2-4-7-5;1-2;;;;;;;;;;/h4-9H,3H2,1-2H3;1-3,5-7,14-15H,4H2;4-6H,3H2,1-2H3;2-4H,1H3;1H3;7*1H;;;/q;;;;-1;;;;;;;;+1;+4;+3/p-7/t7-,8-,9-;5-,6-,7-;4-,5-,6+;;;;;;;;;;;;/m111............/s1. The van der Waals surface area contributed by atoms with Crippen LogP contribution in [0.3, 0.4) is 0 Å². The first-order valence-electron chi connectivity index (χ1n) is 17.9. The van der Waals surface area contributed by atoms with Crippen molar-refractivity contribution in [2.24, 2.45) is 11.8 Å². The summed E-state index contributed by atoms with van der Waals surface area (Å²) in [5, 5.41) is 25.2. The van der Waals surface area contributed by atoms with Crippen molar-refractivity contribution < 1.29 is 90.4 Å². The molecule has 3 saturated heterocycles. The third kappa shape index (κ3) is 22.9. The molecule has 3 fully saturated rings. The molecule has 0 aromatic carbocycles. The summed E-state index contributed by atoms with van der Waals surface area (Å²) in [4.78, 5) is 37.0. The summed E-state index contributed by atoms with van der Waals surface area (Å²) in [5.74, 6) is -10.2. The number of ether oxygens (including phenoxy) is 3. The van der Waals surface area contributed by atoms with E-state index in [1.54, 1.807) is 25.4 Å². The molecule has 0 amide bonds. The van der Waals surface area contributed by atoms with E-state index in [0.717, 1.165) is 29.9 Å². The molecular formula is C33H44BrCl4F6I3N6NaO8SnV. The first-order valence-corrected chi connectivity index (χ1v) is 46.7. The van der Waals surface area contributed by atoms with Crippen molar-refractivity contribution in [1.82, 2.24) is 29.1 Å². The second kappa shape index (κ2) is 33.2. The van der Waals surface area contributed by atoms with E-state index in [1.807, 2.05) is 13.8 Å². The Morgan fingerprint density at radius 3 is 1.36 bits per heavy atom. The molecule has 362 valence electrons. The minimum atomic E-state index is -3.67. The van der Waals surface area contributed by atoms with Crippen molar-refractivity contribution >= 4 is 125 Å². The number of aliphatic hydroxyl groups is 2. The topological polar surface area (TPSA) is 187 Å². The number of hydrogen-bond donors (Lipinski definition) is 2. The summed E-state index contributed by atoms with van der Waals surface area (Å²) in [5.41, 5.74) is -1.64. The van der Waals surface area contributed by atoms with Gasteiger partial charge >= 0.3 is 161 Å². The summed E-state index contributed by atoms with van der Waals surface area (Å²) in [6, 6.07) is 4.53. The van der Waals surface area contributed by atoms with Crippen LogP contribution in [0.25, 0.3) is 0 Å². The van der Waals surface area contributed by atoms with Gasteiger partial charge in [-0.3, -0.25) is 9.13 Å². The quantitative estimate of drug-likeness (QED) is 0.141. The van der Waals surface area contributed by atoms with E-state index >= 15 is 0 Å². The predicted molar refractivity (Wildman–Crippen MR) is 253 cm³/mol. The average molecular weight is 1560 g/mol. The number of aromatic nitrogens is 6. The molecule has 2 N–H and O–H groups in total. The molecule has 6 heterocycles. The maximum absolute atomic E-state index is 14.0. The fourth-order valence-corrected chi connectivity index (χ4v) is 6.09. The molecule has 64 heavy (non-hydrogen) atoms. The van der Waals surface area contributed by atoms with Crippen LogP contribution in [0.5, 0.6) is 0 Å². The van der Waals surface area contributed by atoms with Crippen molar-refractivity contribution in [3.05, 3.63) is 82.2 Å². The van der Waals surface area contributed by atoms with Gasteiger partial charge in [-0.15, -0.1) is 0 Å². The molecule has 0 bridgehead atoms. The van der Waals surface area contributed by atoms with E-state index in [9.17, 15) is 41.0 Å². The molecule has 3 aliphatic rings. The Morgan fingerprint density at radius 1 is 0.750 bits per heavy atom. The average Bonchev–Trinajstić information content (AvgIpc) is 3.67. The van der Waals surface area contributed by atoms with E-state index in [0.29, 0.717) is 17.4 Å². The number of halogens is 14. The largest absolute Gasteiger partial charge is 1.00 e. The van der Waals surface area contributed by atoms with Crippen molar-refractivity contribution in [1.29, 1.82) is 0 Å². The molecule has 3 aromatic heterocycles. The van der Waals surface area contributed by atoms with E-state index in [2.05, 4.69) is 95.8 Å². The molecule has 14 nitrogen and oxygen atoms in total. The Bertz CT molecular complexity index is 1790. The van der Waals surface area contributed by atoms with Crippen LogP contribution in [-0.2, 0) is 19.1 Å². The van der Waals surface area contributed by atoms with Crippen LogP contribution in [0.15, 0.2) is 65.0 Å². The Kier molecular flexibility index (Phi) is 35.5. The van der Waals surface area contributed by atoms with Crippen molar-refractivity contribution in [2.75, 3.05) is 13.7 Å². The van der Waals surface area contributed by atoms with E-state index in [1.165, 1.54) is 38.4 Å². The summed E-state index contributed by atoms with van der Waals surface area (Å²) in [6.45, 7) is 7.70. The summed E-state index contributed by atoms with van der Waals surface area (Å²) >= 11 is 6.91. The summed E-state index contributed by atoms with van der Waals surface area (Å²) in [7, 11) is 20.9. The Hall–Kier alpha value is 2.39. The van der Waals surface area contributed by atoms with Gasteiger partial charge in [-0.25, -0.2) is 47.1 Å². The van der Waals surface area contributed by atoms with Gasteiger partial charge in [-0.05, 0) is 38.0 Å². The normalized spacial score (nSPS) is 26.7. The van der Waals surface area contributed by atoms with Crippen LogP contribution in [0.2, 0.25) is 0 Å². The zero-order chi connectivity index (χ0) is 49.1. The Labute approximate surface area is 453 Å². The minimum absolute atomic E-state index is 0. The fourth-order valence-electron chi connectivity index (χ4n) is 5.40. The van der Waals surface area contributed by atoms with Crippen molar-refractivity contribution in [3.8, 4) is 0 Å². The number of rotatable bonds is 5. The van der Waals surface area contributed by atoms with Crippen LogP contribution in [0.4, 0.5) is 26.3 Å². The molecule has 0 radical (unpaired) electrons. The molecule has 3 aliphatic heterocycles. The van der Waals surface area contributed by atoms with Gasteiger partial charge in [-0.2, -0.15) is 15.9 Å². The maximum atomic E-state index is 14.0. The van der Waals surface area contributed by atoms with Gasteiger partial charge in [0.2, 0.25) is 12.5 Å². The van der Waals surface area contributed by atoms with Crippen molar-refractivity contribution in [2.45, 2.75) is 107 Å². The van der Waals surface area contributed by atoms with Gasteiger partial charge in [0.05, 0.1) is 24.7 Å². The van der Waals surface area contributed by atoms with Crippen molar-refractivity contribution in [3.63, 3.8) is 0 Å². The Balaban J connectivity index is 0. The van der Waals surface area contributed by atoms with Gasteiger partial charge in [0, 0.05) is 43.1 Å². The molecule has 9 atom stereocenters. The number of nitrogens with zero attached hydrogens (tertiary/aromatic N) is 6. The van der Waals surface area contributed by atoms with Gasteiger partial charge in [0.15, 0.2) is 11.1 Å². The maximum Gasteiger partial charge on any atom is 1.00 e. The van der Waals surface area contributed by atoms with Crippen LogP contribution < -0.4 is 46.0 Å². The third-order valence-corrected chi connectivity index (χ3v) is 9.43. The smallest absolute Gasteiger partial charge is 1.00 e. The number of aryl methyl sites for hydroxylation is 1. The van der Waals surface area contributed by atoms with E-state index in [4.69, 9.17) is 60.1 Å². The SMILES string of the molecule is CC[C@H]1O[C@@H](n2cccnc2=O)C(F)(F)[C@@H]1C.CC[C@H]1O[C@H](Br)C(F)(F)[C@@H]1C.C[O-].Cc1ncccn1.O=c1ncccn1[C@@H]1O[C@H](CO)[C@@H](O)C1(F)F.[Cl][Sn]([Cl])([Cl])[Cl].[I][V]([I])[I].[Na+]. The molecule has 31 heteroatoms. The van der Waals surface area contributed by atoms with E-state index in [-0.39, 0.29) is 40.6 Å². The number of aliphatic hydroxyl groups excluding tert-OH is 2. The third-order valence-electron chi connectivity index (χ3n) is 8.60. The molecule has 0 spiro atoms. The molecule has 0 saturated carbocycles. The van der Waals surface area contributed by atoms with Crippen LogP contribution >= 0.6 is 112 Å². The monoisotopic (exact) mass is 1560 g/mol. The molecule has 0 unspecified atom stereocenters. The molecular weight excluding hydrogens is 1520 g/mol. The second-order valence-electron chi connectivity index (χ2n) is 12.6. The van der Waals surface area contributed by atoms with Gasteiger partial charge in [0.1, 0.15) is 11.9 Å². The number of alkyl halides is 7. The van der Waals surface area contributed by atoms with Crippen LogP contribution in [0.1, 0.15) is 58.8 Å². The predicted octanol–water partition coefficient (Wildman–Crippen LogP) is 5.54. The van der Waals surface area contributed by atoms with Crippen LogP contribution in [-0.4, -0.2) is 114 Å². The summed E-state index contributed by atoms with van der Waals surface area (Å²) in [6.07, 6.45) is 1.41. The van der Waals surface area contributed by atoms with Gasteiger partial charge in [-0.1, -0.05) is 43.6 Å². The zero-order valence-corrected chi connectivity index (χ0v) is 52.1.